The minimum Gasteiger partial charge on any atom is -0.356 e. The van der Waals surface area contributed by atoms with Crippen LogP contribution in [0.3, 0.4) is 0 Å². The zero-order chi connectivity index (χ0) is 12.6. The van der Waals surface area contributed by atoms with Crippen LogP contribution in [-0.4, -0.2) is 25.0 Å². The molecule has 0 saturated carbocycles. The maximum atomic E-state index is 11.6. The summed E-state index contributed by atoms with van der Waals surface area (Å²) in [6, 6.07) is 0.750. The largest absolute Gasteiger partial charge is 0.356 e. The van der Waals surface area contributed by atoms with E-state index in [0.717, 1.165) is 37.8 Å². The molecule has 0 aromatic heterocycles. The summed E-state index contributed by atoms with van der Waals surface area (Å²) in [5, 5.41) is 6.70. The molecule has 0 aliphatic carbocycles. The van der Waals surface area contributed by atoms with Crippen molar-refractivity contribution in [3.8, 4) is 0 Å². The second kappa shape index (κ2) is 7.78. The molecule has 3 nitrogen and oxygen atoms in total. The number of hydrogen-bond acceptors (Lipinski definition) is 2. The number of piperidine rings is 1. The van der Waals surface area contributed by atoms with Crippen LogP contribution in [0.15, 0.2) is 0 Å². The molecule has 2 aliphatic rings. The normalized spacial score (nSPS) is 32.3. The SMILES string of the molecule is O=C1CCC[C@H]2CCN[C@@H](CCCCCCN1)C2. The smallest absolute Gasteiger partial charge is 0.219 e. The van der Waals surface area contributed by atoms with Gasteiger partial charge in [0.05, 0.1) is 0 Å². The summed E-state index contributed by atoms with van der Waals surface area (Å²) in [6.45, 7) is 2.06. The Morgan fingerprint density at radius 3 is 2.72 bits per heavy atom. The summed E-state index contributed by atoms with van der Waals surface area (Å²) < 4.78 is 0. The zero-order valence-corrected chi connectivity index (χ0v) is 11.5. The summed E-state index contributed by atoms with van der Waals surface area (Å²) in [5.41, 5.74) is 0. The Bertz CT molecular complexity index is 255. The van der Waals surface area contributed by atoms with E-state index in [1.807, 2.05) is 0 Å². The number of carbonyl (C=O) groups excluding carboxylic acids is 1. The molecule has 0 aromatic rings. The third-order valence-electron chi connectivity index (χ3n) is 4.42. The van der Waals surface area contributed by atoms with Crippen LogP contribution in [0.4, 0.5) is 0 Å². The van der Waals surface area contributed by atoms with Crippen LogP contribution in [0.25, 0.3) is 0 Å². The number of amides is 1. The van der Waals surface area contributed by atoms with Gasteiger partial charge in [-0.1, -0.05) is 19.3 Å². The van der Waals surface area contributed by atoms with Gasteiger partial charge in [0.1, 0.15) is 0 Å². The molecule has 104 valence electrons. The van der Waals surface area contributed by atoms with Gasteiger partial charge >= 0.3 is 0 Å². The van der Waals surface area contributed by atoms with Crippen LogP contribution in [0.1, 0.15) is 64.2 Å². The molecule has 3 heteroatoms. The standard InChI is InChI=1S/C15H28N2O/c18-15-8-5-6-13-9-11-16-14(12-13)7-3-1-2-4-10-17-15/h13-14,16H,1-12H2,(H,17,18)/t13-,14-/m0/s1. The van der Waals surface area contributed by atoms with Crippen molar-refractivity contribution in [1.82, 2.24) is 10.6 Å². The Morgan fingerprint density at radius 2 is 1.78 bits per heavy atom. The van der Waals surface area contributed by atoms with Crippen molar-refractivity contribution in [3.05, 3.63) is 0 Å². The lowest BCUT2D eigenvalue weighted by Crippen LogP contribution is -2.38. The molecule has 0 unspecified atom stereocenters. The summed E-state index contributed by atoms with van der Waals surface area (Å²) >= 11 is 0. The minimum absolute atomic E-state index is 0.262. The average molecular weight is 252 g/mol. The summed E-state index contributed by atoms with van der Waals surface area (Å²) in [4.78, 5) is 11.6. The second-order valence-electron chi connectivity index (χ2n) is 5.99. The van der Waals surface area contributed by atoms with Crippen LogP contribution in [0.5, 0.6) is 0 Å². The van der Waals surface area contributed by atoms with Crippen LogP contribution < -0.4 is 10.6 Å². The molecule has 18 heavy (non-hydrogen) atoms. The fraction of sp³-hybridized carbons (Fsp3) is 0.933. The Hall–Kier alpha value is -0.570. The predicted molar refractivity (Wildman–Crippen MR) is 74.5 cm³/mol. The van der Waals surface area contributed by atoms with E-state index in [2.05, 4.69) is 10.6 Å². The van der Waals surface area contributed by atoms with Crippen molar-refractivity contribution in [1.29, 1.82) is 0 Å². The third kappa shape index (κ3) is 4.97. The Labute approximate surface area is 111 Å². The van der Waals surface area contributed by atoms with Gasteiger partial charge in [-0.15, -0.1) is 0 Å². The van der Waals surface area contributed by atoms with E-state index in [4.69, 9.17) is 0 Å². The summed E-state index contributed by atoms with van der Waals surface area (Å²) in [7, 11) is 0. The van der Waals surface area contributed by atoms with Crippen LogP contribution >= 0.6 is 0 Å². The number of nitrogens with one attached hydrogen (secondary N) is 2. The van der Waals surface area contributed by atoms with E-state index in [0.29, 0.717) is 0 Å². The van der Waals surface area contributed by atoms with Crippen molar-refractivity contribution in [2.45, 2.75) is 70.3 Å². The topological polar surface area (TPSA) is 41.1 Å². The number of hydrogen-bond donors (Lipinski definition) is 2. The van der Waals surface area contributed by atoms with Crippen molar-refractivity contribution in [2.24, 2.45) is 5.92 Å². The minimum atomic E-state index is 0.262. The molecule has 2 rings (SSSR count). The van der Waals surface area contributed by atoms with Gasteiger partial charge in [-0.05, 0) is 51.0 Å². The lowest BCUT2D eigenvalue weighted by atomic mass is 9.86. The summed E-state index contributed by atoms with van der Waals surface area (Å²) in [5.74, 6) is 1.12. The monoisotopic (exact) mass is 252 g/mol. The molecule has 2 atom stereocenters. The molecule has 2 heterocycles. The van der Waals surface area contributed by atoms with E-state index >= 15 is 0 Å². The molecule has 2 N–H and O–H groups in total. The molecule has 0 spiro atoms. The van der Waals surface area contributed by atoms with Crippen molar-refractivity contribution in [2.75, 3.05) is 13.1 Å². The first-order chi connectivity index (χ1) is 8.84. The average Bonchev–Trinajstić information content (AvgIpc) is 2.37. The number of rotatable bonds is 0. The highest BCUT2D eigenvalue weighted by molar-refractivity contribution is 5.75. The van der Waals surface area contributed by atoms with Gasteiger partial charge in [0, 0.05) is 19.0 Å². The maximum Gasteiger partial charge on any atom is 0.219 e. The summed E-state index contributed by atoms with van der Waals surface area (Å²) in [6.07, 6.45) is 12.1. The van der Waals surface area contributed by atoms with E-state index in [1.165, 1.54) is 51.5 Å². The predicted octanol–water partition coefficient (Wildman–Crippen LogP) is 2.61. The molecule has 2 aliphatic heterocycles. The molecule has 2 bridgehead atoms. The van der Waals surface area contributed by atoms with E-state index in [-0.39, 0.29) is 5.91 Å². The zero-order valence-electron chi connectivity index (χ0n) is 11.5. The van der Waals surface area contributed by atoms with Crippen molar-refractivity contribution < 1.29 is 4.79 Å². The highest BCUT2D eigenvalue weighted by atomic mass is 16.1. The van der Waals surface area contributed by atoms with Crippen LogP contribution in [-0.2, 0) is 4.79 Å². The van der Waals surface area contributed by atoms with Crippen molar-refractivity contribution in [3.63, 3.8) is 0 Å². The van der Waals surface area contributed by atoms with Gasteiger partial charge in [0.2, 0.25) is 5.91 Å². The van der Waals surface area contributed by atoms with Crippen LogP contribution in [0.2, 0.25) is 0 Å². The van der Waals surface area contributed by atoms with Crippen molar-refractivity contribution >= 4 is 5.91 Å². The molecular weight excluding hydrogens is 224 g/mol. The highest BCUT2D eigenvalue weighted by Crippen LogP contribution is 2.24. The van der Waals surface area contributed by atoms with Gasteiger partial charge in [-0.3, -0.25) is 4.79 Å². The van der Waals surface area contributed by atoms with Gasteiger partial charge in [-0.2, -0.15) is 0 Å². The second-order valence-corrected chi connectivity index (χ2v) is 5.99. The molecular formula is C15H28N2O. The Balaban J connectivity index is 1.79. The molecule has 1 amide bonds. The van der Waals surface area contributed by atoms with Gasteiger partial charge < -0.3 is 10.6 Å². The fourth-order valence-corrected chi connectivity index (χ4v) is 3.31. The Morgan fingerprint density at radius 1 is 0.889 bits per heavy atom. The third-order valence-corrected chi connectivity index (χ3v) is 4.42. The van der Waals surface area contributed by atoms with Gasteiger partial charge in [0.15, 0.2) is 0 Å². The first-order valence-electron chi connectivity index (χ1n) is 7.84. The quantitative estimate of drug-likeness (QED) is 0.696. The molecule has 2 saturated heterocycles. The van der Waals surface area contributed by atoms with E-state index in [9.17, 15) is 4.79 Å². The first-order valence-corrected chi connectivity index (χ1v) is 7.84. The molecule has 0 aromatic carbocycles. The van der Waals surface area contributed by atoms with Crippen LogP contribution in [0, 0.1) is 5.92 Å². The Kier molecular flexibility index (Phi) is 5.98. The lowest BCUT2D eigenvalue weighted by Gasteiger charge is -2.30. The highest BCUT2D eigenvalue weighted by Gasteiger charge is 2.21. The van der Waals surface area contributed by atoms with E-state index < -0.39 is 0 Å². The first kappa shape index (κ1) is 13.9. The molecule has 0 radical (unpaired) electrons. The van der Waals surface area contributed by atoms with Gasteiger partial charge in [-0.25, -0.2) is 0 Å². The van der Waals surface area contributed by atoms with E-state index in [1.54, 1.807) is 0 Å². The fourth-order valence-electron chi connectivity index (χ4n) is 3.31. The number of fused-ring (bicyclic) bond motifs is 2. The maximum absolute atomic E-state index is 11.6. The number of carbonyl (C=O) groups is 1. The lowest BCUT2D eigenvalue weighted by molar-refractivity contribution is -0.121. The molecule has 2 fully saturated rings. The van der Waals surface area contributed by atoms with Gasteiger partial charge in [0.25, 0.3) is 0 Å².